The third-order valence-corrected chi connectivity index (χ3v) is 4.85. The van der Waals surface area contributed by atoms with Crippen LogP contribution >= 0.6 is 11.3 Å². The molecular formula is C19H19N3OS. The number of nitrogens with zero attached hydrogens (tertiary/aromatic N) is 1. The molecule has 4 nitrogen and oxygen atoms in total. The molecular weight excluding hydrogens is 318 g/mol. The first kappa shape index (κ1) is 16.2. The lowest BCUT2D eigenvalue weighted by Crippen LogP contribution is -2.17. The van der Waals surface area contributed by atoms with Gasteiger partial charge in [0.2, 0.25) is 0 Å². The first-order valence-corrected chi connectivity index (χ1v) is 8.65. The number of rotatable bonds is 5. The monoisotopic (exact) mass is 337 g/mol. The summed E-state index contributed by atoms with van der Waals surface area (Å²) in [4.78, 5) is 17.3. The van der Waals surface area contributed by atoms with Gasteiger partial charge in [-0.15, -0.1) is 11.3 Å². The molecule has 0 fully saturated rings. The lowest BCUT2D eigenvalue weighted by atomic mass is 10.1. The smallest absolute Gasteiger partial charge is 0.267 e. The molecule has 0 atom stereocenters. The molecule has 5 heteroatoms. The molecule has 3 rings (SSSR count). The van der Waals surface area contributed by atoms with Crippen LogP contribution < -0.4 is 10.6 Å². The highest BCUT2D eigenvalue weighted by atomic mass is 32.1. The van der Waals surface area contributed by atoms with E-state index in [4.69, 9.17) is 0 Å². The predicted molar refractivity (Wildman–Crippen MR) is 100 cm³/mol. The minimum atomic E-state index is -0.0895. The van der Waals surface area contributed by atoms with Crippen LogP contribution in [-0.4, -0.2) is 10.9 Å². The topological polar surface area (TPSA) is 54.0 Å². The van der Waals surface area contributed by atoms with Crippen molar-refractivity contribution in [2.45, 2.75) is 20.4 Å². The standard InChI is InChI=1S/C19H19N3OS/c1-3-9-21-19(23)18-17(13(2)12-24-18)22-11-14-8-10-20-16-7-5-4-6-15(14)16/h3-10,12,22H,11H2,1-2H3,(H,21,23)/b9-3+. The van der Waals surface area contributed by atoms with Gasteiger partial charge in [0.05, 0.1) is 11.2 Å². The zero-order chi connectivity index (χ0) is 16.9. The molecule has 1 aromatic carbocycles. The lowest BCUT2D eigenvalue weighted by molar-refractivity contribution is 0.0974. The third kappa shape index (κ3) is 3.31. The van der Waals surface area contributed by atoms with Crippen molar-refractivity contribution < 1.29 is 4.79 Å². The molecule has 0 unspecified atom stereocenters. The number of pyridine rings is 1. The van der Waals surface area contributed by atoms with E-state index in [1.54, 1.807) is 12.3 Å². The van der Waals surface area contributed by atoms with Crippen molar-refractivity contribution in [3.8, 4) is 0 Å². The number of allylic oxidation sites excluding steroid dienone is 1. The molecule has 0 saturated heterocycles. The Balaban J connectivity index is 1.84. The van der Waals surface area contributed by atoms with E-state index in [0.717, 1.165) is 27.7 Å². The zero-order valence-electron chi connectivity index (χ0n) is 13.7. The largest absolute Gasteiger partial charge is 0.379 e. The number of benzene rings is 1. The van der Waals surface area contributed by atoms with Crippen LogP contribution in [0.5, 0.6) is 0 Å². The SMILES string of the molecule is C/C=C/NC(=O)c1scc(C)c1NCc1ccnc2ccccc12. The fraction of sp³-hybridized carbons (Fsp3) is 0.158. The first-order valence-electron chi connectivity index (χ1n) is 7.77. The van der Waals surface area contributed by atoms with E-state index in [2.05, 4.69) is 21.7 Å². The quantitative estimate of drug-likeness (QED) is 0.722. The number of thiophene rings is 1. The molecule has 2 aromatic heterocycles. The Kier molecular flexibility index (Phi) is 4.91. The van der Waals surface area contributed by atoms with E-state index in [9.17, 15) is 4.79 Å². The minimum Gasteiger partial charge on any atom is -0.379 e. The second kappa shape index (κ2) is 7.27. The molecule has 0 saturated carbocycles. The number of carbonyl (C=O) groups is 1. The van der Waals surface area contributed by atoms with E-state index in [-0.39, 0.29) is 5.91 Å². The van der Waals surface area contributed by atoms with Gasteiger partial charge >= 0.3 is 0 Å². The number of fused-ring (bicyclic) bond motifs is 1. The Morgan fingerprint density at radius 1 is 1.29 bits per heavy atom. The molecule has 0 aliphatic heterocycles. The number of carbonyl (C=O) groups excluding carboxylic acids is 1. The molecule has 3 aromatic rings. The van der Waals surface area contributed by atoms with Gasteiger partial charge in [0.25, 0.3) is 5.91 Å². The van der Waals surface area contributed by atoms with Gasteiger partial charge in [0, 0.05) is 18.1 Å². The molecule has 122 valence electrons. The van der Waals surface area contributed by atoms with Crippen molar-refractivity contribution in [3.63, 3.8) is 0 Å². The van der Waals surface area contributed by atoms with Gasteiger partial charge in [-0.1, -0.05) is 24.3 Å². The van der Waals surface area contributed by atoms with E-state index in [1.165, 1.54) is 11.3 Å². The van der Waals surface area contributed by atoms with E-state index < -0.39 is 0 Å². The summed E-state index contributed by atoms with van der Waals surface area (Å²) in [5.41, 5.74) is 4.10. The lowest BCUT2D eigenvalue weighted by Gasteiger charge is -2.11. The number of aromatic nitrogens is 1. The summed E-state index contributed by atoms with van der Waals surface area (Å²) in [6, 6.07) is 10.1. The van der Waals surface area contributed by atoms with E-state index in [1.807, 2.05) is 49.7 Å². The zero-order valence-corrected chi connectivity index (χ0v) is 14.5. The molecule has 2 heterocycles. The summed E-state index contributed by atoms with van der Waals surface area (Å²) < 4.78 is 0. The van der Waals surface area contributed by atoms with Crippen molar-refractivity contribution in [3.05, 3.63) is 70.2 Å². The maximum atomic E-state index is 12.3. The number of para-hydroxylation sites is 1. The fourth-order valence-electron chi connectivity index (χ4n) is 2.55. The van der Waals surface area contributed by atoms with Crippen molar-refractivity contribution in [2.75, 3.05) is 5.32 Å². The number of amides is 1. The maximum Gasteiger partial charge on any atom is 0.267 e. The van der Waals surface area contributed by atoms with Crippen molar-refractivity contribution in [1.29, 1.82) is 0 Å². The van der Waals surface area contributed by atoms with Crippen LogP contribution in [0.4, 0.5) is 5.69 Å². The van der Waals surface area contributed by atoms with Crippen LogP contribution in [0.2, 0.25) is 0 Å². The Labute approximate surface area is 145 Å². The summed E-state index contributed by atoms with van der Waals surface area (Å²) in [6.07, 6.45) is 5.27. The number of hydrogen-bond donors (Lipinski definition) is 2. The first-order chi connectivity index (χ1) is 11.7. The Bertz CT molecular complexity index is 893. The predicted octanol–water partition coefficient (Wildman–Crippen LogP) is 4.48. The summed E-state index contributed by atoms with van der Waals surface area (Å²) in [5, 5.41) is 9.32. The summed E-state index contributed by atoms with van der Waals surface area (Å²) in [6.45, 7) is 4.52. The highest BCUT2D eigenvalue weighted by molar-refractivity contribution is 7.12. The van der Waals surface area contributed by atoms with Crippen LogP contribution in [0, 0.1) is 6.92 Å². The van der Waals surface area contributed by atoms with Gasteiger partial charge < -0.3 is 10.6 Å². The Morgan fingerprint density at radius 2 is 2.12 bits per heavy atom. The second-order valence-electron chi connectivity index (χ2n) is 5.44. The van der Waals surface area contributed by atoms with Gasteiger partial charge in [-0.3, -0.25) is 9.78 Å². The molecule has 24 heavy (non-hydrogen) atoms. The maximum absolute atomic E-state index is 12.3. The molecule has 0 aliphatic carbocycles. The van der Waals surface area contributed by atoms with Gasteiger partial charge in [-0.05, 0) is 48.7 Å². The van der Waals surface area contributed by atoms with Crippen LogP contribution in [0.25, 0.3) is 10.9 Å². The molecule has 0 bridgehead atoms. The van der Waals surface area contributed by atoms with Crippen molar-refractivity contribution >= 4 is 33.8 Å². The summed E-state index contributed by atoms with van der Waals surface area (Å²) in [7, 11) is 0. The Hall–Kier alpha value is -2.66. The minimum absolute atomic E-state index is 0.0895. The summed E-state index contributed by atoms with van der Waals surface area (Å²) >= 11 is 1.45. The van der Waals surface area contributed by atoms with Gasteiger partial charge in [-0.2, -0.15) is 0 Å². The number of hydrogen-bond acceptors (Lipinski definition) is 4. The number of anilines is 1. The average Bonchev–Trinajstić information content (AvgIpc) is 2.98. The molecule has 0 aliphatic rings. The van der Waals surface area contributed by atoms with Crippen LogP contribution in [0.15, 0.2) is 54.2 Å². The molecule has 0 radical (unpaired) electrons. The van der Waals surface area contributed by atoms with Crippen LogP contribution in [0.1, 0.15) is 27.7 Å². The van der Waals surface area contributed by atoms with Crippen molar-refractivity contribution in [2.24, 2.45) is 0 Å². The van der Waals surface area contributed by atoms with E-state index in [0.29, 0.717) is 11.4 Å². The molecule has 1 amide bonds. The third-order valence-electron chi connectivity index (χ3n) is 3.76. The number of nitrogens with one attached hydrogen (secondary N) is 2. The fourth-order valence-corrected chi connectivity index (χ4v) is 3.48. The van der Waals surface area contributed by atoms with Crippen LogP contribution in [-0.2, 0) is 6.54 Å². The Morgan fingerprint density at radius 3 is 2.96 bits per heavy atom. The second-order valence-corrected chi connectivity index (χ2v) is 6.32. The average molecular weight is 337 g/mol. The van der Waals surface area contributed by atoms with E-state index >= 15 is 0 Å². The highest BCUT2D eigenvalue weighted by Gasteiger charge is 2.15. The van der Waals surface area contributed by atoms with Gasteiger partial charge in [0.1, 0.15) is 4.88 Å². The normalized spacial score (nSPS) is 11.1. The highest BCUT2D eigenvalue weighted by Crippen LogP contribution is 2.28. The van der Waals surface area contributed by atoms with Crippen molar-refractivity contribution in [1.82, 2.24) is 10.3 Å². The van der Waals surface area contributed by atoms with Crippen LogP contribution in [0.3, 0.4) is 0 Å². The molecule has 0 spiro atoms. The summed E-state index contributed by atoms with van der Waals surface area (Å²) in [5.74, 6) is -0.0895. The number of aryl methyl sites for hydroxylation is 1. The molecule has 2 N–H and O–H groups in total. The van der Waals surface area contributed by atoms with Gasteiger partial charge in [-0.25, -0.2) is 0 Å². The van der Waals surface area contributed by atoms with Gasteiger partial charge in [0.15, 0.2) is 0 Å².